The van der Waals surface area contributed by atoms with E-state index in [1.54, 1.807) is 10.4 Å². The predicted molar refractivity (Wildman–Crippen MR) is 71.1 cm³/mol. The minimum Gasteiger partial charge on any atom is -0.481 e. The van der Waals surface area contributed by atoms with Crippen molar-refractivity contribution in [2.45, 2.75) is 19.3 Å². The molecule has 0 aromatic carbocycles. The highest BCUT2D eigenvalue weighted by Crippen LogP contribution is 2.16. The van der Waals surface area contributed by atoms with E-state index in [1.807, 2.05) is 5.38 Å². The summed E-state index contributed by atoms with van der Waals surface area (Å²) in [6, 6.07) is -0.179. The number of carboxylic acid groups (broad SMARTS) is 1. The zero-order valence-corrected chi connectivity index (χ0v) is 11.4. The van der Waals surface area contributed by atoms with Crippen molar-refractivity contribution in [1.82, 2.24) is 15.2 Å². The van der Waals surface area contributed by atoms with Crippen LogP contribution in [0.4, 0.5) is 4.79 Å². The lowest BCUT2D eigenvalue weighted by molar-refractivity contribution is -0.143. The van der Waals surface area contributed by atoms with E-state index in [0.717, 1.165) is 12.1 Å². The molecule has 0 radical (unpaired) electrons. The molecule has 1 aliphatic heterocycles. The van der Waals surface area contributed by atoms with Crippen LogP contribution in [0.15, 0.2) is 10.9 Å². The molecule has 1 aliphatic rings. The Hall–Kier alpha value is -1.63. The molecule has 6 nitrogen and oxygen atoms in total. The van der Waals surface area contributed by atoms with Gasteiger partial charge < -0.3 is 15.3 Å². The number of nitrogens with one attached hydrogen (secondary N) is 1. The van der Waals surface area contributed by atoms with Crippen LogP contribution in [0.5, 0.6) is 0 Å². The third kappa shape index (κ3) is 3.92. The third-order valence-corrected chi connectivity index (χ3v) is 3.83. The van der Waals surface area contributed by atoms with Gasteiger partial charge in [0.1, 0.15) is 0 Å². The number of likely N-dealkylation sites (tertiary alicyclic amines) is 1. The molecular formula is C12H17N3O3S. The van der Waals surface area contributed by atoms with Gasteiger partial charge >= 0.3 is 12.0 Å². The molecule has 1 aromatic heterocycles. The molecule has 2 heterocycles. The normalized spacial score (nSPS) is 19.2. The second-order valence-electron chi connectivity index (χ2n) is 4.59. The summed E-state index contributed by atoms with van der Waals surface area (Å²) in [6.07, 6.45) is 2.10. The summed E-state index contributed by atoms with van der Waals surface area (Å²) in [5.74, 6) is -1.25. The first-order chi connectivity index (χ1) is 9.16. The fourth-order valence-corrected chi connectivity index (χ4v) is 2.73. The zero-order chi connectivity index (χ0) is 13.7. The molecule has 1 saturated heterocycles. The number of carboxylic acids is 1. The van der Waals surface area contributed by atoms with Gasteiger partial charge in [-0.05, 0) is 12.8 Å². The van der Waals surface area contributed by atoms with Crippen molar-refractivity contribution in [3.8, 4) is 0 Å². The van der Waals surface area contributed by atoms with Crippen LogP contribution in [-0.2, 0) is 11.2 Å². The number of urea groups is 1. The molecule has 1 fully saturated rings. The molecule has 7 heteroatoms. The van der Waals surface area contributed by atoms with Gasteiger partial charge in [-0.3, -0.25) is 4.79 Å². The number of aliphatic carboxylic acids is 1. The Kier molecular flexibility index (Phi) is 4.73. The van der Waals surface area contributed by atoms with Crippen LogP contribution < -0.4 is 5.32 Å². The third-order valence-electron chi connectivity index (χ3n) is 3.20. The first-order valence-electron chi connectivity index (χ1n) is 6.29. The summed E-state index contributed by atoms with van der Waals surface area (Å²) in [7, 11) is 0. The predicted octanol–water partition coefficient (Wildman–Crippen LogP) is 1.19. The number of rotatable bonds is 4. The highest BCUT2D eigenvalue weighted by Gasteiger charge is 2.27. The summed E-state index contributed by atoms with van der Waals surface area (Å²) in [5.41, 5.74) is 2.73. The van der Waals surface area contributed by atoms with Crippen LogP contribution in [-0.4, -0.2) is 46.6 Å². The Morgan fingerprint density at radius 2 is 2.42 bits per heavy atom. The molecule has 1 unspecified atom stereocenters. The summed E-state index contributed by atoms with van der Waals surface area (Å²) in [4.78, 5) is 28.5. The largest absolute Gasteiger partial charge is 0.481 e. The molecule has 2 N–H and O–H groups in total. The van der Waals surface area contributed by atoms with Gasteiger partial charge in [0.05, 0.1) is 17.1 Å². The van der Waals surface area contributed by atoms with E-state index in [9.17, 15) is 9.59 Å². The molecule has 0 saturated carbocycles. The number of hydrogen-bond donors (Lipinski definition) is 2. The van der Waals surface area contributed by atoms with Crippen LogP contribution in [0.1, 0.15) is 18.5 Å². The van der Waals surface area contributed by atoms with Crippen LogP contribution in [0.2, 0.25) is 0 Å². The number of hydrogen-bond acceptors (Lipinski definition) is 4. The first-order valence-corrected chi connectivity index (χ1v) is 7.23. The maximum absolute atomic E-state index is 11.9. The fourth-order valence-electron chi connectivity index (χ4n) is 2.13. The monoisotopic (exact) mass is 283 g/mol. The number of nitrogens with zero attached hydrogens (tertiary/aromatic N) is 2. The number of amides is 2. The minimum absolute atomic E-state index is 0.179. The van der Waals surface area contributed by atoms with Crippen molar-refractivity contribution in [3.05, 3.63) is 16.6 Å². The molecule has 0 aliphatic carbocycles. The van der Waals surface area contributed by atoms with Crippen molar-refractivity contribution in [2.24, 2.45) is 5.92 Å². The SMILES string of the molecule is O=C(O)C1CCCN(C(=O)NCCc2cscn2)C1. The quantitative estimate of drug-likeness (QED) is 0.869. The maximum Gasteiger partial charge on any atom is 0.317 e. The highest BCUT2D eigenvalue weighted by atomic mass is 32.1. The summed E-state index contributed by atoms with van der Waals surface area (Å²) >= 11 is 1.53. The van der Waals surface area contributed by atoms with E-state index in [0.29, 0.717) is 32.5 Å². The van der Waals surface area contributed by atoms with E-state index in [-0.39, 0.29) is 6.03 Å². The van der Waals surface area contributed by atoms with Gasteiger partial charge in [0.15, 0.2) is 0 Å². The molecule has 2 amide bonds. The van der Waals surface area contributed by atoms with Gasteiger partial charge in [-0.2, -0.15) is 0 Å². The van der Waals surface area contributed by atoms with Crippen LogP contribution >= 0.6 is 11.3 Å². The number of carbonyl (C=O) groups excluding carboxylic acids is 1. The molecule has 2 rings (SSSR count). The average Bonchev–Trinajstić information content (AvgIpc) is 2.92. The van der Waals surface area contributed by atoms with Crippen molar-refractivity contribution >= 4 is 23.3 Å². The van der Waals surface area contributed by atoms with Gasteiger partial charge in [-0.25, -0.2) is 9.78 Å². The Morgan fingerprint density at radius 3 is 3.11 bits per heavy atom. The Balaban J connectivity index is 1.74. The van der Waals surface area contributed by atoms with E-state index >= 15 is 0 Å². The van der Waals surface area contributed by atoms with E-state index in [2.05, 4.69) is 10.3 Å². The summed E-state index contributed by atoms with van der Waals surface area (Å²) < 4.78 is 0. The van der Waals surface area contributed by atoms with E-state index in [1.165, 1.54) is 11.3 Å². The number of piperidine rings is 1. The summed E-state index contributed by atoms with van der Waals surface area (Å²) in [6.45, 7) is 1.46. The maximum atomic E-state index is 11.9. The molecule has 1 atom stereocenters. The molecule has 0 spiro atoms. The topological polar surface area (TPSA) is 82.5 Å². The van der Waals surface area contributed by atoms with Gasteiger partial charge in [-0.15, -0.1) is 11.3 Å². The second kappa shape index (κ2) is 6.51. The van der Waals surface area contributed by atoms with Crippen molar-refractivity contribution in [3.63, 3.8) is 0 Å². The Labute approximate surface area is 115 Å². The number of aromatic nitrogens is 1. The molecule has 19 heavy (non-hydrogen) atoms. The van der Waals surface area contributed by atoms with Crippen LogP contribution in [0, 0.1) is 5.92 Å². The molecular weight excluding hydrogens is 266 g/mol. The van der Waals surface area contributed by atoms with Crippen LogP contribution in [0.3, 0.4) is 0 Å². The van der Waals surface area contributed by atoms with Crippen molar-refractivity contribution in [2.75, 3.05) is 19.6 Å². The lowest BCUT2D eigenvalue weighted by Gasteiger charge is -2.30. The minimum atomic E-state index is -0.819. The standard InChI is InChI=1S/C12H17N3O3S/c16-11(17)9-2-1-5-15(6-9)12(18)13-4-3-10-7-19-8-14-10/h7-9H,1-6H2,(H,13,18)(H,16,17). The van der Waals surface area contributed by atoms with Gasteiger partial charge in [0.2, 0.25) is 0 Å². The van der Waals surface area contributed by atoms with Crippen LogP contribution in [0.25, 0.3) is 0 Å². The first kappa shape index (κ1) is 13.8. The lowest BCUT2D eigenvalue weighted by Crippen LogP contribution is -2.47. The second-order valence-corrected chi connectivity index (χ2v) is 5.30. The molecule has 0 bridgehead atoms. The molecule has 1 aromatic rings. The fraction of sp³-hybridized carbons (Fsp3) is 0.583. The Bertz CT molecular complexity index is 435. The van der Waals surface area contributed by atoms with E-state index < -0.39 is 11.9 Å². The molecule has 104 valence electrons. The van der Waals surface area contributed by atoms with Crippen molar-refractivity contribution in [1.29, 1.82) is 0 Å². The number of thiazole rings is 1. The summed E-state index contributed by atoms with van der Waals surface area (Å²) in [5, 5.41) is 13.7. The number of carbonyl (C=O) groups is 2. The lowest BCUT2D eigenvalue weighted by atomic mass is 9.99. The Morgan fingerprint density at radius 1 is 1.58 bits per heavy atom. The van der Waals surface area contributed by atoms with Gasteiger partial charge in [-0.1, -0.05) is 0 Å². The highest BCUT2D eigenvalue weighted by molar-refractivity contribution is 7.07. The van der Waals surface area contributed by atoms with Gasteiger partial charge in [0, 0.05) is 31.4 Å². The zero-order valence-electron chi connectivity index (χ0n) is 10.5. The van der Waals surface area contributed by atoms with Gasteiger partial charge in [0.25, 0.3) is 0 Å². The van der Waals surface area contributed by atoms with Crippen molar-refractivity contribution < 1.29 is 14.7 Å². The smallest absolute Gasteiger partial charge is 0.317 e. The van der Waals surface area contributed by atoms with E-state index in [4.69, 9.17) is 5.11 Å². The average molecular weight is 283 g/mol.